The van der Waals surface area contributed by atoms with Gasteiger partial charge in [0.15, 0.2) is 0 Å². The molecule has 1 aromatic heterocycles. The minimum Gasteiger partial charge on any atom is -0.493 e. The van der Waals surface area contributed by atoms with Gasteiger partial charge in [-0.15, -0.1) is 0 Å². The van der Waals surface area contributed by atoms with Gasteiger partial charge in [-0.05, 0) is 37.1 Å². The summed E-state index contributed by atoms with van der Waals surface area (Å²) in [6, 6.07) is 12.7. The van der Waals surface area contributed by atoms with Crippen LogP contribution in [0, 0.1) is 5.92 Å². The van der Waals surface area contributed by atoms with Crippen molar-refractivity contribution in [3.05, 3.63) is 53.8 Å². The van der Waals surface area contributed by atoms with Crippen molar-refractivity contribution in [1.82, 2.24) is 9.88 Å². The molecule has 1 saturated heterocycles. The number of hydrogen-bond acceptors (Lipinski definition) is 4. The largest absolute Gasteiger partial charge is 0.493 e. The summed E-state index contributed by atoms with van der Waals surface area (Å²) in [6.45, 7) is 1.43. The maximum Gasteiger partial charge on any atom is 0.229 e. The van der Waals surface area contributed by atoms with Crippen molar-refractivity contribution in [2.24, 2.45) is 5.92 Å². The first-order valence-corrected chi connectivity index (χ1v) is 9.37. The van der Waals surface area contributed by atoms with E-state index in [1.165, 1.54) is 6.20 Å². The highest BCUT2D eigenvalue weighted by molar-refractivity contribution is 6.29. The fourth-order valence-corrected chi connectivity index (χ4v) is 3.15. The fourth-order valence-electron chi connectivity index (χ4n) is 3.04. The molecule has 0 aliphatic carbocycles. The second-order valence-corrected chi connectivity index (χ2v) is 6.84. The number of aromatic nitrogens is 1. The van der Waals surface area contributed by atoms with Gasteiger partial charge in [-0.2, -0.15) is 0 Å². The first-order valence-electron chi connectivity index (χ1n) is 9.00. The second kappa shape index (κ2) is 9.37. The molecule has 1 N–H and O–H groups in total. The van der Waals surface area contributed by atoms with Gasteiger partial charge in [-0.3, -0.25) is 9.59 Å². The van der Waals surface area contributed by atoms with Crippen LogP contribution in [0.25, 0.3) is 0 Å². The number of ether oxygens (including phenoxy) is 1. The Morgan fingerprint density at radius 3 is 2.78 bits per heavy atom. The van der Waals surface area contributed by atoms with Gasteiger partial charge in [-0.25, -0.2) is 4.98 Å². The second-order valence-electron chi connectivity index (χ2n) is 6.45. The summed E-state index contributed by atoms with van der Waals surface area (Å²) in [5.74, 6) is 0.431. The average Bonchev–Trinajstić information content (AvgIpc) is 2.70. The molecule has 27 heavy (non-hydrogen) atoms. The molecular weight excluding hydrogens is 366 g/mol. The molecule has 0 spiro atoms. The van der Waals surface area contributed by atoms with Crippen LogP contribution in [0.15, 0.2) is 48.7 Å². The number of carbonyl (C=O) groups is 2. The normalized spacial score (nSPS) is 16.6. The number of nitrogens with zero attached hydrogens (tertiary/aromatic N) is 2. The van der Waals surface area contributed by atoms with Gasteiger partial charge in [0.25, 0.3) is 0 Å². The first-order chi connectivity index (χ1) is 13.1. The summed E-state index contributed by atoms with van der Waals surface area (Å²) in [4.78, 5) is 30.6. The molecule has 6 nitrogen and oxygen atoms in total. The lowest BCUT2D eigenvalue weighted by molar-refractivity contribution is -0.135. The van der Waals surface area contributed by atoms with E-state index in [1.807, 2.05) is 30.3 Å². The van der Waals surface area contributed by atoms with Crippen LogP contribution in [-0.4, -0.2) is 41.4 Å². The van der Waals surface area contributed by atoms with Gasteiger partial charge < -0.3 is 15.0 Å². The maximum absolute atomic E-state index is 12.5. The number of halogens is 1. The highest BCUT2D eigenvalue weighted by Gasteiger charge is 2.28. The molecule has 1 atom stereocenters. The third kappa shape index (κ3) is 5.69. The first kappa shape index (κ1) is 19.2. The number of anilines is 1. The zero-order chi connectivity index (χ0) is 19.1. The van der Waals surface area contributed by atoms with Crippen LogP contribution < -0.4 is 10.1 Å². The Morgan fingerprint density at radius 2 is 2.04 bits per heavy atom. The van der Waals surface area contributed by atoms with Crippen LogP contribution in [0.4, 0.5) is 5.69 Å². The quantitative estimate of drug-likeness (QED) is 0.771. The highest BCUT2D eigenvalue weighted by atomic mass is 35.5. The SMILES string of the molecule is O=C(Nc1ccc(Cl)nc1)C1CCCN(C(=O)CCOc2ccccc2)C1. The molecule has 1 fully saturated rings. The summed E-state index contributed by atoms with van der Waals surface area (Å²) in [5, 5.41) is 3.22. The van der Waals surface area contributed by atoms with Crippen LogP contribution in [0.5, 0.6) is 5.75 Å². The van der Waals surface area contributed by atoms with Crippen molar-refractivity contribution in [2.75, 3.05) is 25.0 Å². The van der Waals surface area contributed by atoms with Crippen molar-refractivity contribution in [1.29, 1.82) is 0 Å². The molecule has 7 heteroatoms. The van der Waals surface area contributed by atoms with Crippen LogP contribution in [0.3, 0.4) is 0 Å². The monoisotopic (exact) mass is 387 g/mol. The number of carbonyl (C=O) groups excluding carboxylic acids is 2. The van der Waals surface area contributed by atoms with E-state index in [0.717, 1.165) is 18.6 Å². The van der Waals surface area contributed by atoms with E-state index in [4.69, 9.17) is 16.3 Å². The summed E-state index contributed by atoms with van der Waals surface area (Å²) in [5.41, 5.74) is 0.601. The highest BCUT2D eigenvalue weighted by Crippen LogP contribution is 2.20. The van der Waals surface area contributed by atoms with Crippen molar-refractivity contribution in [3.63, 3.8) is 0 Å². The van der Waals surface area contributed by atoms with E-state index in [2.05, 4.69) is 10.3 Å². The molecule has 142 valence electrons. The van der Waals surface area contributed by atoms with E-state index in [-0.39, 0.29) is 17.7 Å². The van der Waals surface area contributed by atoms with Crippen molar-refractivity contribution in [2.45, 2.75) is 19.3 Å². The summed E-state index contributed by atoms with van der Waals surface area (Å²) >= 11 is 5.75. The molecule has 1 aliphatic heterocycles. The van der Waals surface area contributed by atoms with Crippen molar-refractivity contribution in [3.8, 4) is 5.75 Å². The lowest BCUT2D eigenvalue weighted by Crippen LogP contribution is -2.44. The fraction of sp³-hybridized carbons (Fsp3) is 0.350. The van der Waals surface area contributed by atoms with E-state index in [9.17, 15) is 9.59 Å². The van der Waals surface area contributed by atoms with Gasteiger partial charge in [0.1, 0.15) is 10.9 Å². The van der Waals surface area contributed by atoms with E-state index in [0.29, 0.717) is 37.0 Å². The van der Waals surface area contributed by atoms with Crippen LogP contribution >= 0.6 is 11.6 Å². The Labute approximate surface area is 163 Å². The zero-order valence-electron chi connectivity index (χ0n) is 14.9. The van der Waals surface area contributed by atoms with E-state index >= 15 is 0 Å². The van der Waals surface area contributed by atoms with Crippen LogP contribution in [-0.2, 0) is 9.59 Å². The number of likely N-dealkylation sites (tertiary alicyclic amines) is 1. The predicted octanol–water partition coefficient (Wildman–Crippen LogP) is 3.38. The molecule has 1 unspecified atom stereocenters. The third-order valence-electron chi connectivity index (χ3n) is 4.47. The van der Waals surface area contributed by atoms with Gasteiger partial charge >= 0.3 is 0 Å². The number of pyridine rings is 1. The molecule has 0 saturated carbocycles. The Bertz CT molecular complexity index is 768. The predicted molar refractivity (Wildman–Crippen MR) is 104 cm³/mol. The molecule has 1 aliphatic rings. The number of para-hydroxylation sites is 1. The topological polar surface area (TPSA) is 71.5 Å². The number of nitrogens with one attached hydrogen (secondary N) is 1. The lowest BCUT2D eigenvalue weighted by atomic mass is 9.97. The van der Waals surface area contributed by atoms with Gasteiger partial charge in [0.2, 0.25) is 11.8 Å². The van der Waals surface area contributed by atoms with E-state index in [1.54, 1.807) is 17.0 Å². The summed E-state index contributed by atoms with van der Waals surface area (Å²) in [7, 11) is 0. The number of piperidine rings is 1. The average molecular weight is 388 g/mol. The summed E-state index contributed by atoms with van der Waals surface area (Å²) < 4.78 is 5.59. The number of amides is 2. The number of rotatable bonds is 6. The Hall–Kier alpha value is -2.60. The standard InChI is InChI=1S/C20H22ClN3O3/c21-18-9-8-16(13-22-18)23-20(26)15-5-4-11-24(14-15)19(25)10-12-27-17-6-2-1-3-7-17/h1-3,6-9,13,15H,4-5,10-12,14H2,(H,23,26). The third-order valence-corrected chi connectivity index (χ3v) is 4.69. The van der Waals surface area contributed by atoms with Crippen LogP contribution in [0.2, 0.25) is 5.15 Å². The van der Waals surface area contributed by atoms with Crippen molar-refractivity contribution >= 4 is 29.1 Å². The molecule has 3 rings (SSSR count). The van der Waals surface area contributed by atoms with Crippen LogP contribution in [0.1, 0.15) is 19.3 Å². The minimum absolute atomic E-state index is 0.0107. The van der Waals surface area contributed by atoms with Gasteiger partial charge in [0, 0.05) is 13.1 Å². The smallest absolute Gasteiger partial charge is 0.229 e. The Balaban J connectivity index is 1.47. The molecule has 0 bridgehead atoms. The molecule has 1 aromatic carbocycles. The van der Waals surface area contributed by atoms with E-state index < -0.39 is 0 Å². The molecular formula is C20H22ClN3O3. The minimum atomic E-state index is -0.228. The molecule has 2 heterocycles. The molecule has 2 aromatic rings. The van der Waals surface area contributed by atoms with Gasteiger partial charge in [0.05, 0.1) is 30.8 Å². The summed E-state index contributed by atoms with van der Waals surface area (Å²) in [6.07, 6.45) is 3.39. The lowest BCUT2D eigenvalue weighted by Gasteiger charge is -2.32. The maximum atomic E-state index is 12.5. The van der Waals surface area contributed by atoms with Crippen molar-refractivity contribution < 1.29 is 14.3 Å². The molecule has 0 radical (unpaired) electrons. The Kier molecular flexibility index (Phi) is 6.65. The number of hydrogen-bond donors (Lipinski definition) is 1. The Morgan fingerprint density at radius 1 is 1.22 bits per heavy atom. The number of benzene rings is 1. The molecule has 2 amide bonds. The van der Waals surface area contributed by atoms with Gasteiger partial charge in [-0.1, -0.05) is 29.8 Å². The zero-order valence-corrected chi connectivity index (χ0v) is 15.7.